The van der Waals surface area contributed by atoms with Gasteiger partial charge < -0.3 is 5.32 Å². The van der Waals surface area contributed by atoms with E-state index in [9.17, 15) is 0 Å². The molecule has 1 nitrogen and oxygen atoms in total. The van der Waals surface area contributed by atoms with Crippen LogP contribution in [0.2, 0.25) is 0 Å². The van der Waals surface area contributed by atoms with Crippen LogP contribution in [0, 0.1) is 5.92 Å². The van der Waals surface area contributed by atoms with Crippen LogP contribution in [0.5, 0.6) is 0 Å². The molecule has 1 aromatic rings. The molecule has 0 aromatic carbocycles. The Balaban J connectivity index is 1.71. The van der Waals surface area contributed by atoms with E-state index < -0.39 is 0 Å². The second-order valence-electron chi connectivity index (χ2n) is 5.94. The summed E-state index contributed by atoms with van der Waals surface area (Å²) in [5, 5.41) is 3.80. The van der Waals surface area contributed by atoms with Crippen LogP contribution in [0.25, 0.3) is 0 Å². The van der Waals surface area contributed by atoms with E-state index >= 15 is 0 Å². The van der Waals surface area contributed by atoms with Crippen molar-refractivity contribution in [1.29, 1.82) is 0 Å². The Labute approximate surface area is 125 Å². The Morgan fingerprint density at radius 3 is 3.00 bits per heavy atom. The fourth-order valence-corrected chi connectivity index (χ4v) is 5.49. The molecule has 1 aromatic heterocycles. The quantitative estimate of drug-likeness (QED) is 0.811. The second-order valence-corrected chi connectivity index (χ2v) is 8.21. The Hall–Kier alpha value is 0.01000. The summed E-state index contributed by atoms with van der Waals surface area (Å²) in [6.45, 7) is 3.43. The largest absolute Gasteiger partial charge is 0.309 e. The van der Waals surface area contributed by atoms with Gasteiger partial charge in [-0.2, -0.15) is 11.8 Å². The van der Waals surface area contributed by atoms with Gasteiger partial charge in [-0.1, -0.05) is 26.2 Å². The van der Waals surface area contributed by atoms with E-state index in [4.69, 9.17) is 0 Å². The lowest BCUT2D eigenvalue weighted by molar-refractivity contribution is 0.262. The van der Waals surface area contributed by atoms with E-state index in [2.05, 4.69) is 41.4 Å². The van der Waals surface area contributed by atoms with Crippen LogP contribution < -0.4 is 5.32 Å². The summed E-state index contributed by atoms with van der Waals surface area (Å²) in [5.74, 6) is 3.56. The third-order valence-corrected chi connectivity index (χ3v) is 6.78. The van der Waals surface area contributed by atoms with Crippen molar-refractivity contribution >= 4 is 23.1 Å². The molecule has 2 heterocycles. The third kappa shape index (κ3) is 3.37. The van der Waals surface area contributed by atoms with Gasteiger partial charge in [-0.05, 0) is 49.1 Å². The summed E-state index contributed by atoms with van der Waals surface area (Å²) in [4.78, 5) is 3.29. The van der Waals surface area contributed by atoms with Crippen molar-refractivity contribution in [1.82, 2.24) is 5.32 Å². The number of nitrogens with one attached hydrogen (secondary N) is 1. The Bertz CT molecular complexity index is 385. The molecule has 1 fully saturated rings. The molecular weight excluding hydrogens is 270 g/mol. The van der Waals surface area contributed by atoms with Gasteiger partial charge in [0.2, 0.25) is 0 Å². The van der Waals surface area contributed by atoms with Gasteiger partial charge in [-0.15, -0.1) is 11.3 Å². The first-order chi connectivity index (χ1) is 9.36. The number of hydrogen-bond donors (Lipinski definition) is 1. The maximum Gasteiger partial charge on any atom is 0.0417 e. The van der Waals surface area contributed by atoms with Crippen molar-refractivity contribution in [3.8, 4) is 0 Å². The molecular formula is C16H25NS2. The highest BCUT2D eigenvalue weighted by atomic mass is 32.2. The molecule has 1 atom stereocenters. The fourth-order valence-electron chi connectivity index (χ4n) is 3.02. The molecule has 0 bridgehead atoms. The normalized spacial score (nSPS) is 20.9. The van der Waals surface area contributed by atoms with Gasteiger partial charge in [-0.25, -0.2) is 0 Å². The summed E-state index contributed by atoms with van der Waals surface area (Å²) in [6, 6.07) is 3.14. The van der Waals surface area contributed by atoms with Gasteiger partial charge >= 0.3 is 0 Å². The summed E-state index contributed by atoms with van der Waals surface area (Å²) in [5.41, 5.74) is 1.63. The summed E-state index contributed by atoms with van der Waals surface area (Å²) in [6.07, 6.45) is 8.29. The molecule has 106 valence electrons. The minimum absolute atomic E-state index is 0.630. The molecule has 0 spiro atoms. The molecule has 1 aliphatic carbocycles. The summed E-state index contributed by atoms with van der Waals surface area (Å²) in [7, 11) is 0. The SMILES string of the molecule is CCCNC(CC1CCC1)c1cc2c(s1)CCSC2. The van der Waals surface area contributed by atoms with Crippen LogP contribution >= 0.6 is 23.1 Å². The molecule has 3 rings (SSSR count). The van der Waals surface area contributed by atoms with E-state index in [1.807, 2.05) is 0 Å². The number of aryl methyl sites for hydroxylation is 1. The zero-order chi connectivity index (χ0) is 13.1. The first-order valence-corrected chi connectivity index (χ1v) is 9.76. The van der Waals surface area contributed by atoms with E-state index in [-0.39, 0.29) is 0 Å². The van der Waals surface area contributed by atoms with Crippen LogP contribution in [0.15, 0.2) is 6.07 Å². The van der Waals surface area contributed by atoms with E-state index in [1.165, 1.54) is 50.0 Å². The van der Waals surface area contributed by atoms with Gasteiger partial charge in [0.1, 0.15) is 0 Å². The monoisotopic (exact) mass is 295 g/mol. The number of thioether (sulfide) groups is 1. The number of hydrogen-bond acceptors (Lipinski definition) is 3. The average Bonchev–Trinajstić information content (AvgIpc) is 2.80. The second kappa shape index (κ2) is 6.64. The van der Waals surface area contributed by atoms with Crippen LogP contribution in [0.4, 0.5) is 0 Å². The molecule has 19 heavy (non-hydrogen) atoms. The number of fused-ring (bicyclic) bond motifs is 1. The van der Waals surface area contributed by atoms with Gasteiger partial charge in [-0.3, -0.25) is 0 Å². The third-order valence-electron chi connectivity index (χ3n) is 4.42. The lowest BCUT2D eigenvalue weighted by atomic mass is 9.80. The summed E-state index contributed by atoms with van der Waals surface area (Å²) < 4.78 is 0. The van der Waals surface area contributed by atoms with E-state index in [1.54, 1.807) is 15.3 Å². The van der Waals surface area contributed by atoms with E-state index in [0.717, 1.165) is 12.5 Å². The maximum absolute atomic E-state index is 3.80. The lowest BCUT2D eigenvalue weighted by Gasteiger charge is -2.29. The maximum atomic E-state index is 3.80. The lowest BCUT2D eigenvalue weighted by Crippen LogP contribution is -2.26. The predicted octanol–water partition coefficient (Wildman–Crippen LogP) is 4.77. The van der Waals surface area contributed by atoms with Crippen molar-refractivity contribution in [2.45, 2.75) is 57.2 Å². The van der Waals surface area contributed by atoms with Gasteiger partial charge in [0.25, 0.3) is 0 Å². The van der Waals surface area contributed by atoms with Crippen LogP contribution in [0.3, 0.4) is 0 Å². The molecule has 0 saturated heterocycles. The highest BCUT2D eigenvalue weighted by Crippen LogP contribution is 2.39. The molecule has 3 heteroatoms. The molecule has 1 N–H and O–H groups in total. The molecule has 1 unspecified atom stereocenters. The van der Waals surface area contributed by atoms with Crippen molar-refractivity contribution in [2.75, 3.05) is 12.3 Å². The van der Waals surface area contributed by atoms with Crippen molar-refractivity contribution in [3.05, 3.63) is 21.4 Å². The van der Waals surface area contributed by atoms with Crippen LogP contribution in [-0.4, -0.2) is 12.3 Å². The minimum atomic E-state index is 0.630. The van der Waals surface area contributed by atoms with Crippen molar-refractivity contribution in [3.63, 3.8) is 0 Å². The van der Waals surface area contributed by atoms with Crippen LogP contribution in [0.1, 0.15) is 60.4 Å². The first-order valence-electron chi connectivity index (χ1n) is 7.79. The highest BCUT2D eigenvalue weighted by molar-refractivity contribution is 7.98. The zero-order valence-electron chi connectivity index (χ0n) is 11.9. The van der Waals surface area contributed by atoms with E-state index in [0.29, 0.717) is 6.04 Å². The molecule has 1 saturated carbocycles. The standard InChI is InChI=1S/C16H25NS2/c1-2-7-17-14(9-12-4-3-5-12)16-10-13-11-18-8-6-15(13)19-16/h10,12,14,17H,2-9,11H2,1H3. The predicted molar refractivity (Wildman–Crippen MR) is 87.2 cm³/mol. The van der Waals surface area contributed by atoms with Gasteiger partial charge in [0.05, 0.1) is 0 Å². The Morgan fingerprint density at radius 2 is 2.32 bits per heavy atom. The van der Waals surface area contributed by atoms with Crippen LogP contribution in [-0.2, 0) is 12.2 Å². The van der Waals surface area contributed by atoms with Gasteiger partial charge in [0, 0.05) is 21.5 Å². The Kier molecular flexibility index (Phi) is 4.88. The smallest absolute Gasteiger partial charge is 0.0417 e. The number of thiophene rings is 1. The molecule has 2 aliphatic rings. The minimum Gasteiger partial charge on any atom is -0.309 e. The van der Waals surface area contributed by atoms with Crippen molar-refractivity contribution in [2.24, 2.45) is 5.92 Å². The average molecular weight is 296 g/mol. The fraction of sp³-hybridized carbons (Fsp3) is 0.750. The van der Waals surface area contributed by atoms with Gasteiger partial charge in [0.15, 0.2) is 0 Å². The Morgan fingerprint density at radius 1 is 1.42 bits per heavy atom. The zero-order valence-corrected chi connectivity index (χ0v) is 13.5. The molecule has 1 aliphatic heterocycles. The summed E-state index contributed by atoms with van der Waals surface area (Å²) >= 11 is 4.19. The topological polar surface area (TPSA) is 12.0 Å². The molecule has 0 amide bonds. The first kappa shape index (κ1) is 14.0. The van der Waals surface area contributed by atoms with Crippen molar-refractivity contribution < 1.29 is 0 Å². The number of rotatable bonds is 6. The highest BCUT2D eigenvalue weighted by Gasteiger charge is 2.25. The molecule has 0 radical (unpaired) electrons.